The second kappa shape index (κ2) is 8.14. The molecule has 0 spiro atoms. The van der Waals surface area contributed by atoms with E-state index in [9.17, 15) is 18.0 Å². The smallest absolute Gasteiger partial charge is 0.410 e. The van der Waals surface area contributed by atoms with Gasteiger partial charge in [0.1, 0.15) is 11.6 Å². The van der Waals surface area contributed by atoms with Crippen molar-refractivity contribution in [2.24, 2.45) is 0 Å². The molecule has 10 heteroatoms. The predicted octanol–water partition coefficient (Wildman–Crippen LogP) is 5.46. The van der Waals surface area contributed by atoms with E-state index >= 15 is 0 Å². The van der Waals surface area contributed by atoms with E-state index in [1.54, 1.807) is 42.5 Å². The number of carbonyl (C=O) groups is 1. The highest BCUT2D eigenvalue weighted by Gasteiger charge is 2.46. The van der Waals surface area contributed by atoms with Crippen LogP contribution in [0.1, 0.15) is 34.6 Å². The van der Waals surface area contributed by atoms with Crippen LogP contribution in [0.5, 0.6) is 5.75 Å². The molecule has 1 aliphatic heterocycles. The van der Waals surface area contributed by atoms with E-state index in [1.165, 1.54) is 19.2 Å². The summed E-state index contributed by atoms with van der Waals surface area (Å²) in [5.74, 6) is 0.0930. The van der Waals surface area contributed by atoms with Crippen molar-refractivity contribution in [2.75, 3.05) is 17.7 Å². The van der Waals surface area contributed by atoms with Crippen LogP contribution >= 0.6 is 11.6 Å². The third kappa shape index (κ3) is 4.46. The molecule has 6 nitrogen and oxygen atoms in total. The summed E-state index contributed by atoms with van der Waals surface area (Å²) < 4.78 is 47.3. The van der Waals surface area contributed by atoms with Crippen LogP contribution in [0, 0.1) is 0 Å². The molecule has 1 aromatic heterocycles. The molecule has 2 atom stereocenters. The van der Waals surface area contributed by atoms with Crippen LogP contribution in [0.4, 0.5) is 24.7 Å². The molecule has 3 aromatic rings. The molecule has 0 saturated carbocycles. The fraction of sp³-hybridized carbons (Fsp3) is 0.238. The number of nitrogens with zero attached hydrogens (tertiary/aromatic N) is 2. The molecule has 2 N–H and O–H groups in total. The fourth-order valence-corrected chi connectivity index (χ4v) is 3.69. The van der Waals surface area contributed by atoms with E-state index in [2.05, 4.69) is 15.7 Å². The molecular formula is C21H18ClF3N4O2. The lowest BCUT2D eigenvalue weighted by atomic mass is 9.97. The molecule has 0 fully saturated rings. The molecule has 0 saturated heterocycles. The number of methoxy groups -OCH3 is 1. The van der Waals surface area contributed by atoms with Gasteiger partial charge < -0.3 is 15.4 Å². The van der Waals surface area contributed by atoms with E-state index in [0.717, 1.165) is 4.68 Å². The van der Waals surface area contributed by atoms with Crippen molar-refractivity contribution in [3.63, 3.8) is 0 Å². The van der Waals surface area contributed by atoms with Crippen molar-refractivity contribution in [1.82, 2.24) is 9.78 Å². The largest absolute Gasteiger partial charge is 0.497 e. The second-order valence-electron chi connectivity index (χ2n) is 7.09. The number of amides is 1. The Morgan fingerprint density at radius 3 is 2.61 bits per heavy atom. The SMILES string of the molecule is COc1ccc(C2CC(C(F)(F)F)n3nc(C(=O)Nc4cccc(Cl)c4)cc3N2)cc1. The Bertz CT molecular complexity index is 1100. The maximum atomic E-state index is 13.8. The van der Waals surface area contributed by atoms with Crippen LogP contribution in [0.2, 0.25) is 5.02 Å². The summed E-state index contributed by atoms with van der Waals surface area (Å²) in [6.45, 7) is 0. The van der Waals surface area contributed by atoms with Gasteiger partial charge in [0, 0.05) is 23.2 Å². The van der Waals surface area contributed by atoms with E-state index < -0.39 is 24.2 Å². The average molecular weight is 451 g/mol. The number of hydrogen-bond donors (Lipinski definition) is 2. The lowest BCUT2D eigenvalue weighted by Gasteiger charge is -2.33. The zero-order chi connectivity index (χ0) is 22.2. The molecule has 4 rings (SSSR count). The molecular weight excluding hydrogens is 433 g/mol. The Morgan fingerprint density at radius 1 is 1.23 bits per heavy atom. The third-order valence-electron chi connectivity index (χ3n) is 5.02. The summed E-state index contributed by atoms with van der Waals surface area (Å²) in [6.07, 6.45) is -4.80. The fourth-order valence-electron chi connectivity index (χ4n) is 3.50. The summed E-state index contributed by atoms with van der Waals surface area (Å²) in [5, 5.41) is 10.0. The normalized spacial score (nSPS) is 18.1. The van der Waals surface area contributed by atoms with E-state index in [1.807, 2.05) is 0 Å². The monoisotopic (exact) mass is 450 g/mol. The van der Waals surface area contributed by atoms with E-state index in [4.69, 9.17) is 16.3 Å². The van der Waals surface area contributed by atoms with Crippen molar-refractivity contribution in [1.29, 1.82) is 0 Å². The minimum absolute atomic E-state index is 0.116. The zero-order valence-corrected chi connectivity index (χ0v) is 17.0. The summed E-state index contributed by atoms with van der Waals surface area (Å²) in [7, 11) is 1.52. The minimum atomic E-state index is -4.53. The van der Waals surface area contributed by atoms with Gasteiger partial charge in [-0.15, -0.1) is 0 Å². The minimum Gasteiger partial charge on any atom is -0.497 e. The number of anilines is 2. The highest BCUT2D eigenvalue weighted by Crippen LogP contribution is 2.43. The van der Waals surface area contributed by atoms with Crippen LogP contribution in [-0.4, -0.2) is 29.0 Å². The molecule has 2 unspecified atom stereocenters. The number of hydrogen-bond acceptors (Lipinski definition) is 4. The lowest BCUT2D eigenvalue weighted by Crippen LogP contribution is -2.35. The molecule has 31 heavy (non-hydrogen) atoms. The molecule has 1 aliphatic rings. The maximum Gasteiger partial charge on any atom is 0.410 e. The third-order valence-corrected chi connectivity index (χ3v) is 5.26. The van der Waals surface area contributed by atoms with Gasteiger partial charge in [-0.1, -0.05) is 29.8 Å². The molecule has 0 aliphatic carbocycles. The van der Waals surface area contributed by atoms with Gasteiger partial charge >= 0.3 is 6.18 Å². The van der Waals surface area contributed by atoms with Gasteiger partial charge in [0.15, 0.2) is 11.7 Å². The molecule has 1 amide bonds. The van der Waals surface area contributed by atoms with Gasteiger partial charge in [0.2, 0.25) is 0 Å². The summed E-state index contributed by atoms with van der Waals surface area (Å²) in [6, 6.07) is 12.1. The molecule has 0 bridgehead atoms. The van der Waals surface area contributed by atoms with Crippen LogP contribution in [0.25, 0.3) is 0 Å². The van der Waals surface area contributed by atoms with Crippen LogP contribution < -0.4 is 15.4 Å². The van der Waals surface area contributed by atoms with Gasteiger partial charge in [0.05, 0.1) is 13.2 Å². The van der Waals surface area contributed by atoms with E-state index in [-0.39, 0.29) is 17.9 Å². The zero-order valence-electron chi connectivity index (χ0n) is 16.3. The van der Waals surface area contributed by atoms with Crippen LogP contribution in [0.3, 0.4) is 0 Å². The van der Waals surface area contributed by atoms with Crippen molar-refractivity contribution in [2.45, 2.75) is 24.7 Å². The first-order chi connectivity index (χ1) is 14.7. The first-order valence-electron chi connectivity index (χ1n) is 9.38. The van der Waals surface area contributed by atoms with Gasteiger partial charge in [0.25, 0.3) is 5.91 Å². The van der Waals surface area contributed by atoms with Gasteiger partial charge in [-0.05, 0) is 35.9 Å². The van der Waals surface area contributed by atoms with Crippen molar-refractivity contribution < 1.29 is 22.7 Å². The van der Waals surface area contributed by atoms with Crippen LogP contribution in [0.15, 0.2) is 54.6 Å². The Labute approximate surface area is 181 Å². The Hall–Kier alpha value is -3.20. The predicted molar refractivity (Wildman–Crippen MR) is 111 cm³/mol. The highest BCUT2D eigenvalue weighted by atomic mass is 35.5. The number of nitrogens with one attached hydrogen (secondary N) is 2. The van der Waals surface area contributed by atoms with Gasteiger partial charge in [-0.3, -0.25) is 4.79 Å². The second-order valence-corrected chi connectivity index (χ2v) is 7.52. The first kappa shape index (κ1) is 21.0. The molecule has 2 heterocycles. The van der Waals surface area contributed by atoms with E-state index in [0.29, 0.717) is 22.0 Å². The van der Waals surface area contributed by atoms with Crippen molar-refractivity contribution in [3.05, 3.63) is 70.9 Å². The number of alkyl halides is 3. The summed E-state index contributed by atoms with van der Waals surface area (Å²) >= 11 is 5.91. The van der Waals surface area contributed by atoms with Crippen molar-refractivity contribution >= 4 is 29.0 Å². The number of aromatic nitrogens is 2. The standard InChI is InChI=1S/C21H18ClF3N4O2/c1-31-15-7-5-12(6-8-15)16-10-18(21(23,24)25)29-19(27-16)11-17(28-29)20(30)26-14-4-2-3-13(22)9-14/h2-9,11,16,18,27H,10H2,1H3,(H,26,30). The van der Waals surface area contributed by atoms with Crippen molar-refractivity contribution in [3.8, 4) is 5.75 Å². The Kier molecular flexibility index (Phi) is 5.53. The number of benzene rings is 2. The average Bonchev–Trinajstić information content (AvgIpc) is 3.16. The number of fused-ring (bicyclic) bond motifs is 1. The quantitative estimate of drug-likeness (QED) is 0.554. The highest BCUT2D eigenvalue weighted by molar-refractivity contribution is 6.30. The Balaban J connectivity index is 1.63. The summed E-state index contributed by atoms with van der Waals surface area (Å²) in [5.41, 5.74) is 0.958. The molecule has 0 radical (unpaired) electrons. The first-order valence-corrected chi connectivity index (χ1v) is 9.76. The number of carbonyl (C=O) groups excluding carboxylic acids is 1. The number of ether oxygens (including phenoxy) is 1. The van der Waals surface area contributed by atoms with Gasteiger partial charge in [-0.2, -0.15) is 18.3 Å². The Morgan fingerprint density at radius 2 is 1.97 bits per heavy atom. The molecule has 162 valence electrons. The molecule has 2 aromatic carbocycles. The lowest BCUT2D eigenvalue weighted by molar-refractivity contribution is -0.173. The van der Waals surface area contributed by atoms with Crippen LogP contribution in [-0.2, 0) is 0 Å². The summed E-state index contributed by atoms with van der Waals surface area (Å²) in [4.78, 5) is 12.6. The topological polar surface area (TPSA) is 68.2 Å². The number of halogens is 4. The van der Waals surface area contributed by atoms with Gasteiger partial charge in [-0.25, -0.2) is 4.68 Å². The maximum absolute atomic E-state index is 13.8. The number of rotatable bonds is 4.